The van der Waals surface area contributed by atoms with Crippen LogP contribution < -0.4 is 0 Å². The molecule has 2 unspecified atom stereocenters. The molecule has 0 bridgehead atoms. The van der Waals surface area contributed by atoms with E-state index in [1.165, 1.54) is 193 Å². The van der Waals surface area contributed by atoms with Crippen LogP contribution in [0.4, 0.5) is 0 Å². The van der Waals surface area contributed by atoms with Gasteiger partial charge in [-0.05, 0) is 43.4 Å². The van der Waals surface area contributed by atoms with E-state index in [4.69, 9.17) is 37.0 Å². The minimum Gasteiger partial charge on any atom is -0.462 e. The van der Waals surface area contributed by atoms with Gasteiger partial charge in [0.25, 0.3) is 0 Å². The van der Waals surface area contributed by atoms with Crippen LogP contribution in [-0.4, -0.2) is 96.7 Å². The average Bonchev–Trinajstić information content (AvgIpc) is 1.55. The molecule has 0 aromatic heterocycles. The third kappa shape index (κ3) is 68.6. The molecule has 0 spiro atoms. The van der Waals surface area contributed by atoms with Crippen molar-refractivity contribution in [2.24, 2.45) is 17.8 Å². The molecular weight excluding hydrogens is 1230 g/mol. The first-order valence-corrected chi connectivity index (χ1v) is 41.8. The van der Waals surface area contributed by atoms with Gasteiger partial charge in [-0.3, -0.25) is 37.3 Å². The smallest absolute Gasteiger partial charge is 0.462 e. The van der Waals surface area contributed by atoms with E-state index in [9.17, 15) is 43.2 Å². The molecule has 0 saturated carbocycles. The van der Waals surface area contributed by atoms with Crippen molar-refractivity contribution in [3.8, 4) is 0 Å². The number of phosphoric acid groups is 2. The van der Waals surface area contributed by atoms with Crippen molar-refractivity contribution < 1.29 is 80.2 Å². The fourth-order valence-corrected chi connectivity index (χ4v) is 13.0. The standard InChI is InChI=1S/C75H146O17P2/c1-8-9-10-11-12-13-20-27-35-42-49-56-72(77)85-63-71(92-75(80)59-52-45-38-31-30-34-41-48-55-68(6)7)65-90-94(83,84)88-61-69(76)60-87-93(81,82)89-64-70(62-86-73(78)57-50-43-36-28-23-19-18-22-26-33-40-47-54-67(4)5)91-74(79)58-51-44-37-29-24-17-15-14-16-21-25-32-39-46-53-66(2)3/h66-71,76H,8-65H2,1-7H3,(H,81,82)(H,83,84)/t69-,70-,71-/m1/s1. The van der Waals surface area contributed by atoms with Crippen molar-refractivity contribution in [3.63, 3.8) is 0 Å². The fourth-order valence-electron chi connectivity index (χ4n) is 11.4. The van der Waals surface area contributed by atoms with Gasteiger partial charge in [0.2, 0.25) is 0 Å². The zero-order valence-electron chi connectivity index (χ0n) is 61.4. The largest absolute Gasteiger partial charge is 0.472 e. The summed E-state index contributed by atoms with van der Waals surface area (Å²) in [6, 6.07) is 0. The Balaban J connectivity index is 5.25. The number of rotatable bonds is 73. The van der Waals surface area contributed by atoms with Gasteiger partial charge in [-0.25, -0.2) is 9.13 Å². The average molecular weight is 1380 g/mol. The second kappa shape index (κ2) is 65.7. The first-order valence-electron chi connectivity index (χ1n) is 38.8. The molecule has 17 nitrogen and oxygen atoms in total. The predicted octanol–water partition coefficient (Wildman–Crippen LogP) is 21.8. The summed E-state index contributed by atoms with van der Waals surface area (Å²) in [6.45, 7) is 11.9. The summed E-state index contributed by atoms with van der Waals surface area (Å²) in [5.74, 6) is 0.176. The van der Waals surface area contributed by atoms with Crippen molar-refractivity contribution in [3.05, 3.63) is 0 Å². The highest BCUT2D eigenvalue weighted by molar-refractivity contribution is 7.47. The lowest BCUT2D eigenvalue weighted by Crippen LogP contribution is -2.30. The van der Waals surface area contributed by atoms with Crippen LogP contribution >= 0.6 is 15.6 Å². The van der Waals surface area contributed by atoms with E-state index in [2.05, 4.69) is 48.5 Å². The Kier molecular flexibility index (Phi) is 64.3. The number of ether oxygens (including phenoxy) is 4. The maximum absolute atomic E-state index is 13.1. The van der Waals surface area contributed by atoms with Crippen LogP contribution in [0.3, 0.4) is 0 Å². The Morgan fingerprint density at radius 1 is 0.287 bits per heavy atom. The van der Waals surface area contributed by atoms with E-state index >= 15 is 0 Å². The van der Waals surface area contributed by atoms with E-state index in [1.54, 1.807) is 0 Å². The van der Waals surface area contributed by atoms with Gasteiger partial charge in [0.15, 0.2) is 12.2 Å². The SMILES string of the molecule is CCCCCCCCCCCCCC(=O)OC[C@H](COP(=O)(O)OC[C@H](O)COP(=O)(O)OC[C@@H](COC(=O)CCCCCCCCCCCCCCC(C)C)OC(=O)CCCCCCCCCCCCCCCCC(C)C)OC(=O)CCCCCCCCCCC(C)C. The Bertz CT molecular complexity index is 1840. The summed E-state index contributed by atoms with van der Waals surface area (Å²) >= 11 is 0. The molecule has 94 heavy (non-hydrogen) atoms. The van der Waals surface area contributed by atoms with Gasteiger partial charge in [-0.15, -0.1) is 0 Å². The topological polar surface area (TPSA) is 237 Å². The van der Waals surface area contributed by atoms with Gasteiger partial charge in [0, 0.05) is 25.7 Å². The number of aliphatic hydroxyl groups excluding tert-OH is 1. The summed E-state index contributed by atoms with van der Waals surface area (Å²) in [6.07, 6.45) is 51.3. The highest BCUT2D eigenvalue weighted by atomic mass is 31.2. The Morgan fingerprint density at radius 3 is 0.723 bits per heavy atom. The number of hydrogen-bond donors (Lipinski definition) is 3. The molecule has 0 aliphatic carbocycles. The number of hydrogen-bond acceptors (Lipinski definition) is 15. The predicted molar refractivity (Wildman–Crippen MR) is 381 cm³/mol. The number of phosphoric ester groups is 2. The zero-order valence-corrected chi connectivity index (χ0v) is 63.2. The first-order chi connectivity index (χ1) is 45.2. The van der Waals surface area contributed by atoms with Gasteiger partial charge in [0.05, 0.1) is 26.4 Å². The van der Waals surface area contributed by atoms with Crippen LogP contribution in [0.5, 0.6) is 0 Å². The molecule has 0 rings (SSSR count). The Labute approximate surface area is 575 Å². The Hall–Kier alpha value is -1.94. The summed E-state index contributed by atoms with van der Waals surface area (Å²) in [5.41, 5.74) is 0. The lowest BCUT2D eigenvalue weighted by atomic mass is 10.0. The van der Waals surface area contributed by atoms with Crippen LogP contribution in [0.25, 0.3) is 0 Å². The maximum atomic E-state index is 13.1. The molecule has 5 atom stereocenters. The highest BCUT2D eigenvalue weighted by Crippen LogP contribution is 2.45. The highest BCUT2D eigenvalue weighted by Gasteiger charge is 2.30. The normalized spacial score (nSPS) is 14.1. The van der Waals surface area contributed by atoms with Crippen molar-refractivity contribution >= 4 is 39.5 Å². The third-order valence-electron chi connectivity index (χ3n) is 17.4. The third-order valence-corrected chi connectivity index (χ3v) is 19.3. The monoisotopic (exact) mass is 1380 g/mol. The van der Waals surface area contributed by atoms with Gasteiger partial charge in [0.1, 0.15) is 19.3 Å². The van der Waals surface area contributed by atoms with E-state index in [0.717, 1.165) is 108 Å². The molecule has 0 fully saturated rings. The molecular formula is C75H146O17P2. The molecule has 3 N–H and O–H groups in total. The molecule has 0 aromatic rings. The number of aliphatic hydroxyl groups is 1. The molecule has 0 amide bonds. The van der Waals surface area contributed by atoms with Crippen LogP contribution in [0.2, 0.25) is 0 Å². The number of unbranched alkanes of at least 4 members (excludes halogenated alkanes) is 41. The number of esters is 4. The van der Waals surface area contributed by atoms with Crippen LogP contribution in [0, 0.1) is 17.8 Å². The van der Waals surface area contributed by atoms with Crippen molar-refractivity contribution in [1.29, 1.82) is 0 Å². The summed E-state index contributed by atoms with van der Waals surface area (Å²) in [5, 5.41) is 10.6. The van der Waals surface area contributed by atoms with E-state index in [-0.39, 0.29) is 25.7 Å². The quantitative estimate of drug-likeness (QED) is 0.0222. The van der Waals surface area contributed by atoms with Crippen LogP contribution in [0.1, 0.15) is 382 Å². The van der Waals surface area contributed by atoms with Gasteiger partial charge in [-0.1, -0.05) is 331 Å². The fraction of sp³-hybridized carbons (Fsp3) is 0.947. The number of carbonyl (C=O) groups is 4. The maximum Gasteiger partial charge on any atom is 0.472 e. The molecule has 0 aliphatic rings. The van der Waals surface area contributed by atoms with Crippen LogP contribution in [-0.2, 0) is 65.4 Å². The van der Waals surface area contributed by atoms with Crippen LogP contribution in [0.15, 0.2) is 0 Å². The molecule has 19 heteroatoms. The van der Waals surface area contributed by atoms with E-state index < -0.39 is 97.5 Å². The first kappa shape index (κ1) is 92.1. The van der Waals surface area contributed by atoms with Gasteiger partial charge in [-0.2, -0.15) is 0 Å². The minimum atomic E-state index is -4.96. The van der Waals surface area contributed by atoms with E-state index in [0.29, 0.717) is 25.7 Å². The molecule has 0 aliphatic heterocycles. The van der Waals surface area contributed by atoms with Crippen molar-refractivity contribution in [2.75, 3.05) is 39.6 Å². The summed E-state index contributed by atoms with van der Waals surface area (Å²) in [4.78, 5) is 72.8. The molecule has 0 radical (unpaired) electrons. The minimum absolute atomic E-state index is 0.105. The molecule has 0 saturated heterocycles. The molecule has 0 aromatic carbocycles. The van der Waals surface area contributed by atoms with Crippen molar-refractivity contribution in [2.45, 2.75) is 401 Å². The van der Waals surface area contributed by atoms with Gasteiger partial charge >= 0.3 is 39.5 Å². The lowest BCUT2D eigenvalue weighted by Gasteiger charge is -2.21. The molecule has 558 valence electrons. The zero-order chi connectivity index (χ0) is 69.4. The van der Waals surface area contributed by atoms with E-state index in [1.807, 2.05) is 0 Å². The summed E-state index contributed by atoms with van der Waals surface area (Å²) < 4.78 is 68.5. The lowest BCUT2D eigenvalue weighted by molar-refractivity contribution is -0.161. The second-order valence-electron chi connectivity index (χ2n) is 28.5. The van der Waals surface area contributed by atoms with Gasteiger partial charge < -0.3 is 33.8 Å². The number of carbonyl (C=O) groups excluding carboxylic acids is 4. The van der Waals surface area contributed by atoms with Crippen molar-refractivity contribution in [1.82, 2.24) is 0 Å². The summed E-state index contributed by atoms with van der Waals surface area (Å²) in [7, 11) is -9.91. The second-order valence-corrected chi connectivity index (χ2v) is 31.4. The molecule has 0 heterocycles. The Morgan fingerprint density at radius 2 is 0.489 bits per heavy atom.